The van der Waals surface area contributed by atoms with Crippen LogP contribution < -0.4 is 20.5 Å². The third-order valence-electron chi connectivity index (χ3n) is 3.49. The molecule has 5 N–H and O–H groups in total. The van der Waals surface area contributed by atoms with Crippen LogP contribution in [0.25, 0.3) is 0 Å². The van der Waals surface area contributed by atoms with Crippen LogP contribution in [0.2, 0.25) is 0 Å². The Hall–Kier alpha value is -3.22. The van der Waals surface area contributed by atoms with Gasteiger partial charge in [0.1, 0.15) is 5.84 Å². The van der Waals surface area contributed by atoms with Crippen LogP contribution in [-0.2, 0) is 4.79 Å². The Balaban J connectivity index is 2.29. The number of nitrogens with one attached hydrogen (secondary N) is 2. The molecule has 0 aromatic heterocycles. The number of nitrogens with two attached hydrogens (primary N) is 1. The molecule has 7 heteroatoms. The van der Waals surface area contributed by atoms with E-state index in [1.807, 2.05) is 0 Å². The number of carboxylic acids is 1. The molecule has 0 aliphatic carbocycles. The molecule has 0 spiro atoms. The predicted octanol–water partition coefficient (Wildman–Crippen LogP) is 2.23. The van der Waals surface area contributed by atoms with Crippen molar-refractivity contribution in [3.05, 3.63) is 53.6 Å². The van der Waals surface area contributed by atoms with Gasteiger partial charge < -0.3 is 25.6 Å². The Morgan fingerprint density at radius 1 is 1.12 bits per heavy atom. The molecule has 0 amide bonds. The first-order valence-corrected chi connectivity index (χ1v) is 7.12. The van der Waals surface area contributed by atoms with E-state index in [4.69, 9.17) is 20.6 Å². The highest BCUT2D eigenvalue weighted by Crippen LogP contribution is 2.31. The first-order chi connectivity index (χ1) is 11.5. The van der Waals surface area contributed by atoms with Crippen molar-refractivity contribution in [2.75, 3.05) is 19.5 Å². The minimum Gasteiger partial charge on any atom is -0.493 e. The summed E-state index contributed by atoms with van der Waals surface area (Å²) in [5.74, 6) is -0.0970. The number of carbonyl (C=O) groups is 1. The number of aliphatic carboxylic acids is 1. The fourth-order valence-corrected chi connectivity index (χ4v) is 2.23. The monoisotopic (exact) mass is 329 g/mol. The number of nitrogen functional groups attached to an aromatic ring is 1. The molecule has 0 saturated heterocycles. The fourth-order valence-electron chi connectivity index (χ4n) is 2.23. The summed E-state index contributed by atoms with van der Waals surface area (Å²) in [6.45, 7) is 0. The van der Waals surface area contributed by atoms with Crippen LogP contribution in [0.1, 0.15) is 17.2 Å². The highest BCUT2D eigenvalue weighted by molar-refractivity contribution is 5.95. The zero-order chi connectivity index (χ0) is 17.7. The molecule has 24 heavy (non-hydrogen) atoms. The Morgan fingerprint density at radius 3 is 2.25 bits per heavy atom. The number of benzene rings is 2. The van der Waals surface area contributed by atoms with E-state index in [1.54, 1.807) is 42.5 Å². The van der Waals surface area contributed by atoms with Crippen molar-refractivity contribution in [3.8, 4) is 11.5 Å². The van der Waals surface area contributed by atoms with Crippen LogP contribution in [0.3, 0.4) is 0 Å². The summed E-state index contributed by atoms with van der Waals surface area (Å²) in [6, 6.07) is 10.6. The third-order valence-corrected chi connectivity index (χ3v) is 3.49. The number of amidine groups is 1. The molecule has 2 aromatic rings. The smallest absolute Gasteiger partial charge is 0.330 e. The topological polar surface area (TPSA) is 118 Å². The molecule has 2 aromatic carbocycles. The van der Waals surface area contributed by atoms with E-state index in [-0.39, 0.29) is 5.84 Å². The van der Waals surface area contributed by atoms with Crippen molar-refractivity contribution in [2.45, 2.75) is 6.04 Å². The normalized spacial score (nSPS) is 11.4. The van der Waals surface area contributed by atoms with Crippen molar-refractivity contribution in [1.82, 2.24) is 0 Å². The average molecular weight is 329 g/mol. The quantitative estimate of drug-likeness (QED) is 0.457. The summed E-state index contributed by atoms with van der Waals surface area (Å²) in [5, 5.41) is 19.8. The van der Waals surface area contributed by atoms with Gasteiger partial charge in [-0.25, -0.2) is 4.79 Å². The van der Waals surface area contributed by atoms with Crippen molar-refractivity contribution >= 4 is 17.5 Å². The molecule has 126 valence electrons. The molecule has 0 radical (unpaired) electrons. The van der Waals surface area contributed by atoms with Gasteiger partial charge in [0, 0.05) is 11.3 Å². The second-order valence-corrected chi connectivity index (χ2v) is 5.02. The number of ether oxygens (including phenoxy) is 2. The highest BCUT2D eigenvalue weighted by Gasteiger charge is 2.21. The Morgan fingerprint density at radius 2 is 1.75 bits per heavy atom. The Labute approximate surface area is 139 Å². The largest absolute Gasteiger partial charge is 0.493 e. The first-order valence-electron chi connectivity index (χ1n) is 7.12. The van der Waals surface area contributed by atoms with E-state index < -0.39 is 12.0 Å². The second kappa shape index (κ2) is 7.36. The van der Waals surface area contributed by atoms with Gasteiger partial charge in [-0.2, -0.15) is 0 Å². The molecule has 0 saturated carbocycles. The van der Waals surface area contributed by atoms with Gasteiger partial charge in [0.05, 0.1) is 14.2 Å². The van der Waals surface area contributed by atoms with Gasteiger partial charge in [0.25, 0.3) is 0 Å². The standard InChI is InChI=1S/C17H19N3O4/c1-23-13-8-5-11(9-14(13)24-2)15(17(21)22)20-12-6-3-10(4-7-12)16(18)19/h3-9,15,20H,1-2H3,(H3,18,19)(H,21,22). The van der Waals surface area contributed by atoms with Crippen molar-refractivity contribution < 1.29 is 19.4 Å². The minimum atomic E-state index is -1.03. The van der Waals surface area contributed by atoms with Gasteiger partial charge in [0.15, 0.2) is 17.5 Å². The predicted molar refractivity (Wildman–Crippen MR) is 91.0 cm³/mol. The molecular formula is C17H19N3O4. The van der Waals surface area contributed by atoms with E-state index >= 15 is 0 Å². The summed E-state index contributed by atoms with van der Waals surface area (Å²) < 4.78 is 10.4. The molecule has 2 rings (SSSR count). The maximum absolute atomic E-state index is 11.6. The van der Waals surface area contributed by atoms with Gasteiger partial charge in [0.2, 0.25) is 0 Å². The number of carboxylic acid groups (broad SMARTS) is 1. The van der Waals surface area contributed by atoms with Crippen LogP contribution in [0.15, 0.2) is 42.5 Å². The average Bonchev–Trinajstić information content (AvgIpc) is 2.59. The van der Waals surface area contributed by atoms with Crippen LogP contribution in [0, 0.1) is 5.41 Å². The minimum absolute atomic E-state index is 0.0452. The molecular weight excluding hydrogens is 310 g/mol. The van der Waals surface area contributed by atoms with Crippen molar-refractivity contribution in [3.63, 3.8) is 0 Å². The molecule has 0 aliphatic heterocycles. The SMILES string of the molecule is COc1ccc(C(Nc2ccc(C(=N)N)cc2)C(=O)O)cc1OC. The van der Waals surface area contributed by atoms with E-state index in [0.717, 1.165) is 0 Å². The van der Waals surface area contributed by atoms with E-state index in [9.17, 15) is 9.90 Å². The van der Waals surface area contributed by atoms with E-state index in [1.165, 1.54) is 14.2 Å². The van der Waals surface area contributed by atoms with Crippen molar-refractivity contribution in [1.29, 1.82) is 5.41 Å². The van der Waals surface area contributed by atoms with Gasteiger partial charge in [-0.05, 0) is 42.0 Å². The lowest BCUT2D eigenvalue weighted by Crippen LogP contribution is -2.20. The lowest BCUT2D eigenvalue weighted by Gasteiger charge is -2.18. The maximum Gasteiger partial charge on any atom is 0.330 e. The number of rotatable bonds is 7. The maximum atomic E-state index is 11.6. The van der Waals surface area contributed by atoms with Gasteiger partial charge in [-0.3, -0.25) is 5.41 Å². The number of hydrogen-bond acceptors (Lipinski definition) is 5. The van der Waals surface area contributed by atoms with E-state index in [0.29, 0.717) is 28.3 Å². The summed E-state index contributed by atoms with van der Waals surface area (Å²) in [5.41, 5.74) is 7.10. The van der Waals surface area contributed by atoms with Crippen molar-refractivity contribution in [2.24, 2.45) is 5.73 Å². The summed E-state index contributed by atoms with van der Waals surface area (Å²) in [4.78, 5) is 11.6. The third kappa shape index (κ3) is 3.75. The first kappa shape index (κ1) is 17.1. The van der Waals surface area contributed by atoms with Crippen LogP contribution in [-0.4, -0.2) is 31.1 Å². The fraction of sp³-hybridized carbons (Fsp3) is 0.176. The van der Waals surface area contributed by atoms with E-state index in [2.05, 4.69) is 5.32 Å². The molecule has 0 heterocycles. The molecule has 0 fully saturated rings. The zero-order valence-electron chi connectivity index (χ0n) is 13.4. The van der Waals surface area contributed by atoms with Crippen LogP contribution in [0.4, 0.5) is 5.69 Å². The van der Waals surface area contributed by atoms with Gasteiger partial charge >= 0.3 is 5.97 Å². The lowest BCUT2D eigenvalue weighted by atomic mass is 10.1. The molecule has 7 nitrogen and oxygen atoms in total. The molecule has 0 bridgehead atoms. The second-order valence-electron chi connectivity index (χ2n) is 5.02. The zero-order valence-corrected chi connectivity index (χ0v) is 13.4. The van der Waals surface area contributed by atoms with Gasteiger partial charge in [-0.1, -0.05) is 6.07 Å². The lowest BCUT2D eigenvalue weighted by molar-refractivity contribution is -0.138. The molecule has 1 unspecified atom stereocenters. The number of methoxy groups -OCH3 is 2. The summed E-state index contributed by atoms with van der Waals surface area (Å²) in [7, 11) is 3.01. The Kier molecular flexibility index (Phi) is 5.26. The van der Waals surface area contributed by atoms with Crippen LogP contribution >= 0.6 is 0 Å². The Bertz CT molecular complexity index is 744. The summed E-state index contributed by atoms with van der Waals surface area (Å²) in [6.07, 6.45) is 0. The molecule has 0 aliphatic rings. The van der Waals surface area contributed by atoms with Gasteiger partial charge in [-0.15, -0.1) is 0 Å². The number of anilines is 1. The van der Waals surface area contributed by atoms with Crippen LogP contribution in [0.5, 0.6) is 11.5 Å². The number of hydrogen-bond donors (Lipinski definition) is 4. The molecule has 1 atom stereocenters. The highest BCUT2D eigenvalue weighted by atomic mass is 16.5. The summed E-state index contributed by atoms with van der Waals surface area (Å²) >= 11 is 0.